The van der Waals surface area contributed by atoms with E-state index < -0.39 is 0 Å². The van der Waals surface area contributed by atoms with Crippen LogP contribution in [0.4, 0.5) is 10.9 Å². The molecule has 1 amide bonds. The first-order valence-electron chi connectivity index (χ1n) is 7.50. The summed E-state index contributed by atoms with van der Waals surface area (Å²) in [7, 11) is 3.81. The molecule has 2 heterocycles. The third-order valence-electron chi connectivity index (χ3n) is 4.09. The zero-order valence-corrected chi connectivity index (χ0v) is 13.5. The van der Waals surface area contributed by atoms with Crippen molar-refractivity contribution in [3.63, 3.8) is 0 Å². The lowest BCUT2D eigenvalue weighted by Crippen LogP contribution is -2.49. The molecule has 21 heavy (non-hydrogen) atoms. The van der Waals surface area contributed by atoms with Crippen molar-refractivity contribution in [3.05, 3.63) is 4.88 Å². The van der Waals surface area contributed by atoms with E-state index in [4.69, 9.17) is 5.73 Å². The molecule has 1 saturated carbocycles. The number of carbonyl (C=O) groups excluding carboxylic acids is 1. The van der Waals surface area contributed by atoms with E-state index in [2.05, 4.69) is 9.88 Å². The molecule has 0 spiro atoms. The number of hydrogen-bond donors (Lipinski definition) is 1. The van der Waals surface area contributed by atoms with Crippen LogP contribution in [-0.2, 0) is 0 Å². The van der Waals surface area contributed by atoms with Gasteiger partial charge in [0, 0.05) is 46.8 Å². The predicted octanol–water partition coefficient (Wildman–Crippen LogP) is 0.959. The highest BCUT2D eigenvalue weighted by atomic mass is 32.1. The van der Waals surface area contributed by atoms with E-state index in [0.717, 1.165) is 37.2 Å². The molecule has 1 aromatic rings. The first kappa shape index (κ1) is 14.6. The van der Waals surface area contributed by atoms with E-state index in [9.17, 15) is 4.79 Å². The van der Waals surface area contributed by atoms with Crippen LogP contribution in [0.25, 0.3) is 0 Å². The molecule has 0 bridgehead atoms. The number of nitrogen functional groups attached to an aromatic ring is 1. The minimum atomic E-state index is 0.0316. The molecule has 0 aromatic carbocycles. The molecular weight excluding hydrogens is 286 g/mol. The monoisotopic (exact) mass is 309 g/mol. The Balaban J connectivity index is 1.60. The van der Waals surface area contributed by atoms with Crippen molar-refractivity contribution in [2.75, 3.05) is 57.5 Å². The Morgan fingerprint density at radius 2 is 2.00 bits per heavy atom. The van der Waals surface area contributed by atoms with E-state index in [1.54, 1.807) is 0 Å². The van der Waals surface area contributed by atoms with Crippen LogP contribution in [0.5, 0.6) is 0 Å². The van der Waals surface area contributed by atoms with E-state index in [1.807, 2.05) is 23.9 Å². The maximum atomic E-state index is 12.6. The van der Waals surface area contributed by atoms with Crippen molar-refractivity contribution < 1.29 is 4.79 Å². The molecule has 2 fully saturated rings. The fourth-order valence-corrected chi connectivity index (χ4v) is 3.48. The number of rotatable bonds is 4. The normalized spacial score (nSPS) is 19.8. The van der Waals surface area contributed by atoms with E-state index >= 15 is 0 Å². The average molecular weight is 309 g/mol. The van der Waals surface area contributed by atoms with Gasteiger partial charge in [0.2, 0.25) is 0 Å². The summed E-state index contributed by atoms with van der Waals surface area (Å²) < 4.78 is 0. The third-order valence-corrected chi connectivity index (χ3v) is 5.32. The molecule has 1 aliphatic carbocycles. The smallest absolute Gasteiger partial charge is 0.267 e. The van der Waals surface area contributed by atoms with E-state index in [-0.39, 0.29) is 5.91 Å². The summed E-state index contributed by atoms with van der Waals surface area (Å²) >= 11 is 1.38. The highest BCUT2D eigenvalue weighted by Crippen LogP contribution is 2.31. The number of thiazole rings is 1. The van der Waals surface area contributed by atoms with Gasteiger partial charge in [-0.25, -0.2) is 4.98 Å². The van der Waals surface area contributed by atoms with Gasteiger partial charge < -0.3 is 15.5 Å². The van der Waals surface area contributed by atoms with Crippen LogP contribution >= 0.6 is 11.3 Å². The molecule has 1 aromatic heterocycles. The summed E-state index contributed by atoms with van der Waals surface area (Å²) in [5, 5.41) is 0.781. The number of amides is 1. The molecule has 0 unspecified atom stereocenters. The number of anilines is 2. The van der Waals surface area contributed by atoms with Crippen molar-refractivity contribution >= 4 is 28.2 Å². The van der Waals surface area contributed by atoms with Crippen LogP contribution in [0.3, 0.4) is 0 Å². The Morgan fingerprint density at radius 3 is 2.52 bits per heavy atom. The van der Waals surface area contributed by atoms with Gasteiger partial charge in [0.05, 0.1) is 0 Å². The third kappa shape index (κ3) is 3.29. The molecule has 0 atom stereocenters. The lowest BCUT2D eigenvalue weighted by atomic mass is 10.2. The fourth-order valence-electron chi connectivity index (χ4n) is 2.61. The van der Waals surface area contributed by atoms with Gasteiger partial charge in [0.15, 0.2) is 5.13 Å². The van der Waals surface area contributed by atoms with Crippen molar-refractivity contribution in [1.82, 2.24) is 14.8 Å². The zero-order chi connectivity index (χ0) is 15.0. The molecule has 116 valence electrons. The quantitative estimate of drug-likeness (QED) is 0.897. The zero-order valence-electron chi connectivity index (χ0n) is 12.7. The molecule has 0 radical (unpaired) electrons. The van der Waals surface area contributed by atoms with Crippen LogP contribution in [0.2, 0.25) is 0 Å². The van der Waals surface area contributed by atoms with Gasteiger partial charge in [-0.15, -0.1) is 0 Å². The lowest BCUT2D eigenvalue weighted by molar-refractivity contribution is 0.0637. The van der Waals surface area contributed by atoms with E-state index in [1.165, 1.54) is 30.7 Å². The molecule has 2 aliphatic rings. The first-order chi connectivity index (χ1) is 10.0. The molecule has 1 aliphatic heterocycles. The van der Waals surface area contributed by atoms with Gasteiger partial charge >= 0.3 is 0 Å². The summed E-state index contributed by atoms with van der Waals surface area (Å²) in [4.78, 5) is 23.7. The number of nitrogens with zero attached hydrogens (tertiary/aromatic N) is 4. The maximum absolute atomic E-state index is 12.6. The molecular formula is C14H23N5OS. The Hall–Kier alpha value is -1.34. The van der Waals surface area contributed by atoms with Gasteiger partial charge in [0.1, 0.15) is 10.7 Å². The van der Waals surface area contributed by atoms with Crippen molar-refractivity contribution in [3.8, 4) is 0 Å². The second kappa shape index (κ2) is 5.81. The minimum absolute atomic E-state index is 0.0316. The first-order valence-corrected chi connectivity index (χ1v) is 8.31. The largest absolute Gasteiger partial charge is 0.382 e. The summed E-state index contributed by atoms with van der Waals surface area (Å²) in [6.45, 7) is 4.73. The fraction of sp³-hybridized carbons (Fsp3) is 0.714. The number of hydrogen-bond acceptors (Lipinski definition) is 6. The van der Waals surface area contributed by atoms with Gasteiger partial charge in [-0.2, -0.15) is 0 Å². The Bertz CT molecular complexity index is 517. The summed E-state index contributed by atoms with van der Waals surface area (Å²) in [6.07, 6.45) is 2.76. The van der Waals surface area contributed by atoms with Crippen molar-refractivity contribution in [2.45, 2.75) is 12.8 Å². The van der Waals surface area contributed by atoms with E-state index in [0.29, 0.717) is 10.7 Å². The van der Waals surface area contributed by atoms with Crippen LogP contribution in [0.15, 0.2) is 0 Å². The van der Waals surface area contributed by atoms with Gasteiger partial charge in [-0.1, -0.05) is 11.3 Å². The van der Waals surface area contributed by atoms with Gasteiger partial charge in [-0.05, 0) is 18.8 Å². The average Bonchev–Trinajstić information content (AvgIpc) is 3.18. The van der Waals surface area contributed by atoms with Crippen molar-refractivity contribution in [2.24, 2.45) is 5.92 Å². The highest BCUT2D eigenvalue weighted by Gasteiger charge is 2.29. The van der Waals surface area contributed by atoms with Crippen LogP contribution in [0, 0.1) is 5.92 Å². The minimum Gasteiger partial charge on any atom is -0.382 e. The summed E-state index contributed by atoms with van der Waals surface area (Å²) in [5.74, 6) is 1.30. The SMILES string of the molecule is CN(C)c1nc(N)c(C(=O)N2CCN(CC3CC3)CC2)s1. The number of nitrogens with two attached hydrogens (primary N) is 1. The Labute approximate surface area is 129 Å². The molecule has 7 heteroatoms. The summed E-state index contributed by atoms with van der Waals surface area (Å²) in [5.41, 5.74) is 5.90. The Kier molecular flexibility index (Phi) is 4.03. The molecule has 3 rings (SSSR count). The molecule has 2 N–H and O–H groups in total. The van der Waals surface area contributed by atoms with Crippen LogP contribution in [0.1, 0.15) is 22.5 Å². The highest BCUT2D eigenvalue weighted by molar-refractivity contribution is 7.18. The standard InChI is InChI=1S/C14H23N5OS/c1-17(2)14-16-12(15)11(21-14)13(20)19-7-5-18(6-8-19)9-10-3-4-10/h10H,3-9,15H2,1-2H3. The molecule has 1 saturated heterocycles. The topological polar surface area (TPSA) is 65.7 Å². The number of aromatic nitrogens is 1. The predicted molar refractivity (Wildman–Crippen MR) is 85.9 cm³/mol. The van der Waals surface area contributed by atoms with Gasteiger partial charge in [0.25, 0.3) is 5.91 Å². The van der Waals surface area contributed by atoms with Crippen LogP contribution < -0.4 is 10.6 Å². The second-order valence-electron chi connectivity index (χ2n) is 6.14. The molecule has 6 nitrogen and oxygen atoms in total. The van der Waals surface area contributed by atoms with Gasteiger partial charge in [-0.3, -0.25) is 9.69 Å². The summed E-state index contributed by atoms with van der Waals surface area (Å²) in [6, 6.07) is 0. The number of carbonyl (C=O) groups is 1. The lowest BCUT2D eigenvalue weighted by Gasteiger charge is -2.34. The van der Waals surface area contributed by atoms with Crippen molar-refractivity contribution in [1.29, 1.82) is 0 Å². The second-order valence-corrected chi connectivity index (χ2v) is 7.12. The Morgan fingerprint density at radius 1 is 1.33 bits per heavy atom. The maximum Gasteiger partial charge on any atom is 0.267 e. The van der Waals surface area contributed by atoms with Crippen LogP contribution in [-0.4, -0.2) is 67.5 Å². The number of piperazine rings is 1.